The summed E-state index contributed by atoms with van der Waals surface area (Å²) in [6.45, 7) is 4.31. The number of benzene rings is 1. The van der Waals surface area contributed by atoms with Gasteiger partial charge in [-0.05, 0) is 49.9 Å². The van der Waals surface area contributed by atoms with Gasteiger partial charge in [0, 0.05) is 12.3 Å². The zero-order valence-corrected chi connectivity index (χ0v) is 10.1. The topological polar surface area (TPSA) is 58.6 Å². The van der Waals surface area contributed by atoms with E-state index in [1.54, 1.807) is 19.1 Å². The fourth-order valence-corrected chi connectivity index (χ4v) is 1.93. The molecule has 1 heterocycles. The summed E-state index contributed by atoms with van der Waals surface area (Å²) in [7, 11) is 0. The van der Waals surface area contributed by atoms with Crippen molar-refractivity contribution in [2.24, 2.45) is 0 Å². The molecule has 0 aliphatic carbocycles. The Morgan fingerprint density at radius 2 is 2.18 bits per heavy atom. The number of hydrogen-bond donors (Lipinski definition) is 2. The molecule has 2 rings (SSSR count). The Bertz CT molecular complexity index is 437. The lowest BCUT2D eigenvalue weighted by molar-refractivity contribution is -0.124. The molecule has 1 aliphatic rings. The number of nitrogens with one attached hydrogen (secondary N) is 1. The zero-order valence-electron chi connectivity index (χ0n) is 10.1. The molecule has 1 unspecified atom stereocenters. The Morgan fingerprint density at radius 1 is 1.41 bits per heavy atom. The van der Waals surface area contributed by atoms with E-state index in [-0.39, 0.29) is 17.8 Å². The summed E-state index contributed by atoms with van der Waals surface area (Å²) >= 11 is 0. The minimum Gasteiger partial charge on any atom is -0.508 e. The van der Waals surface area contributed by atoms with E-state index in [1.807, 2.05) is 6.92 Å². The van der Waals surface area contributed by atoms with Gasteiger partial charge in [0.15, 0.2) is 0 Å². The van der Waals surface area contributed by atoms with Crippen LogP contribution in [-0.4, -0.2) is 23.7 Å². The summed E-state index contributed by atoms with van der Waals surface area (Å²) in [5.41, 5.74) is 2.33. The molecule has 0 bridgehead atoms. The largest absolute Gasteiger partial charge is 0.508 e. The van der Waals surface area contributed by atoms with Gasteiger partial charge >= 0.3 is 0 Å². The van der Waals surface area contributed by atoms with E-state index in [9.17, 15) is 9.90 Å². The third-order valence-corrected chi connectivity index (χ3v) is 3.02. The average molecular weight is 235 g/mol. The maximum Gasteiger partial charge on any atom is 0.253 e. The van der Waals surface area contributed by atoms with E-state index in [0.717, 1.165) is 29.7 Å². The van der Waals surface area contributed by atoms with Crippen molar-refractivity contribution in [2.75, 3.05) is 11.9 Å². The van der Waals surface area contributed by atoms with Gasteiger partial charge in [0.2, 0.25) is 0 Å². The molecule has 1 aromatic rings. The van der Waals surface area contributed by atoms with Crippen LogP contribution in [0.15, 0.2) is 12.1 Å². The Morgan fingerprint density at radius 3 is 2.82 bits per heavy atom. The fraction of sp³-hybridized carbons (Fsp3) is 0.462. The first-order valence-electron chi connectivity index (χ1n) is 5.80. The summed E-state index contributed by atoms with van der Waals surface area (Å²) in [5, 5.41) is 12.4. The third-order valence-electron chi connectivity index (χ3n) is 3.02. The lowest BCUT2D eigenvalue weighted by Crippen LogP contribution is -2.27. The van der Waals surface area contributed by atoms with Crippen LogP contribution in [0.3, 0.4) is 0 Å². The number of rotatable bonds is 2. The summed E-state index contributed by atoms with van der Waals surface area (Å²) < 4.78 is 5.32. The van der Waals surface area contributed by atoms with Crippen LogP contribution in [0.1, 0.15) is 24.0 Å². The Balaban J connectivity index is 2.12. The zero-order chi connectivity index (χ0) is 12.4. The molecule has 0 aromatic heterocycles. The number of ether oxygens (including phenoxy) is 1. The molecule has 4 nitrogen and oxygen atoms in total. The first-order valence-corrected chi connectivity index (χ1v) is 5.80. The molecule has 0 saturated carbocycles. The van der Waals surface area contributed by atoms with E-state index in [2.05, 4.69) is 5.32 Å². The predicted octanol–water partition coefficient (Wildman–Crippen LogP) is 2.13. The van der Waals surface area contributed by atoms with Crippen LogP contribution in [0, 0.1) is 13.8 Å². The van der Waals surface area contributed by atoms with E-state index < -0.39 is 0 Å². The number of aromatic hydroxyl groups is 1. The molecule has 1 saturated heterocycles. The van der Waals surface area contributed by atoms with Crippen molar-refractivity contribution >= 4 is 11.6 Å². The second-order valence-electron chi connectivity index (χ2n) is 4.44. The Labute approximate surface area is 101 Å². The van der Waals surface area contributed by atoms with Crippen LogP contribution < -0.4 is 5.32 Å². The molecule has 1 aromatic carbocycles. The van der Waals surface area contributed by atoms with Crippen molar-refractivity contribution in [2.45, 2.75) is 32.8 Å². The molecule has 1 atom stereocenters. The number of carbonyl (C=O) groups excluding carboxylic acids is 1. The maximum absolute atomic E-state index is 11.9. The van der Waals surface area contributed by atoms with Crippen LogP contribution in [0.25, 0.3) is 0 Å². The van der Waals surface area contributed by atoms with Crippen LogP contribution >= 0.6 is 0 Å². The number of anilines is 1. The molecule has 2 N–H and O–H groups in total. The van der Waals surface area contributed by atoms with Gasteiger partial charge in [-0.3, -0.25) is 4.79 Å². The normalized spacial score (nSPS) is 19.3. The predicted molar refractivity (Wildman–Crippen MR) is 65.2 cm³/mol. The second-order valence-corrected chi connectivity index (χ2v) is 4.44. The lowest BCUT2D eigenvalue weighted by atomic mass is 10.1. The second kappa shape index (κ2) is 4.75. The summed E-state index contributed by atoms with van der Waals surface area (Å²) in [4.78, 5) is 11.9. The summed E-state index contributed by atoms with van der Waals surface area (Å²) in [6.07, 6.45) is 1.39. The first kappa shape index (κ1) is 11.9. The Kier molecular flexibility index (Phi) is 3.33. The molecule has 1 amide bonds. The number of phenols is 1. The van der Waals surface area contributed by atoms with Crippen LogP contribution in [0.2, 0.25) is 0 Å². The SMILES string of the molecule is Cc1cc(NC(=O)C2CCCO2)c(C)cc1O. The van der Waals surface area contributed by atoms with E-state index in [1.165, 1.54) is 0 Å². The minimum atomic E-state index is -0.330. The van der Waals surface area contributed by atoms with Crippen LogP contribution in [0.4, 0.5) is 5.69 Å². The van der Waals surface area contributed by atoms with Gasteiger partial charge in [-0.25, -0.2) is 0 Å². The molecule has 0 spiro atoms. The highest BCUT2D eigenvalue weighted by molar-refractivity contribution is 5.95. The average Bonchev–Trinajstić information content (AvgIpc) is 2.79. The van der Waals surface area contributed by atoms with Gasteiger partial charge in [-0.15, -0.1) is 0 Å². The molecule has 92 valence electrons. The number of carbonyl (C=O) groups is 1. The monoisotopic (exact) mass is 235 g/mol. The van der Waals surface area contributed by atoms with E-state index in [4.69, 9.17) is 4.74 Å². The van der Waals surface area contributed by atoms with Crippen LogP contribution in [0.5, 0.6) is 5.75 Å². The first-order chi connectivity index (χ1) is 8.08. The Hall–Kier alpha value is -1.55. The molecule has 1 aliphatic heterocycles. The van der Waals surface area contributed by atoms with Gasteiger partial charge in [0.1, 0.15) is 11.9 Å². The van der Waals surface area contributed by atoms with Gasteiger partial charge in [-0.1, -0.05) is 0 Å². The van der Waals surface area contributed by atoms with Crippen molar-refractivity contribution in [3.63, 3.8) is 0 Å². The highest BCUT2D eigenvalue weighted by Crippen LogP contribution is 2.25. The molecular formula is C13H17NO3. The molecule has 0 radical (unpaired) electrons. The summed E-state index contributed by atoms with van der Waals surface area (Å²) in [6, 6.07) is 3.43. The molecular weight excluding hydrogens is 218 g/mol. The lowest BCUT2D eigenvalue weighted by Gasteiger charge is -2.13. The fourth-order valence-electron chi connectivity index (χ4n) is 1.93. The standard InChI is InChI=1S/C13H17NO3/c1-8-7-11(15)9(2)6-10(8)14-13(16)12-4-3-5-17-12/h6-7,12,15H,3-5H2,1-2H3,(H,14,16). The summed E-state index contributed by atoms with van der Waals surface area (Å²) in [5.74, 6) is 0.147. The smallest absolute Gasteiger partial charge is 0.253 e. The van der Waals surface area contributed by atoms with Crippen molar-refractivity contribution in [1.29, 1.82) is 0 Å². The van der Waals surface area contributed by atoms with Gasteiger partial charge in [0.25, 0.3) is 5.91 Å². The molecule has 17 heavy (non-hydrogen) atoms. The van der Waals surface area contributed by atoms with E-state index in [0.29, 0.717) is 6.61 Å². The van der Waals surface area contributed by atoms with Crippen molar-refractivity contribution in [3.8, 4) is 5.75 Å². The number of phenolic OH excluding ortho intramolecular Hbond substituents is 1. The maximum atomic E-state index is 11.9. The number of amides is 1. The van der Waals surface area contributed by atoms with Crippen molar-refractivity contribution in [1.82, 2.24) is 0 Å². The quantitative estimate of drug-likeness (QED) is 0.772. The van der Waals surface area contributed by atoms with Crippen molar-refractivity contribution < 1.29 is 14.6 Å². The van der Waals surface area contributed by atoms with Gasteiger partial charge < -0.3 is 15.2 Å². The number of aryl methyl sites for hydroxylation is 2. The highest BCUT2D eigenvalue weighted by Gasteiger charge is 2.23. The molecule has 1 fully saturated rings. The van der Waals surface area contributed by atoms with Crippen molar-refractivity contribution in [3.05, 3.63) is 23.3 Å². The van der Waals surface area contributed by atoms with E-state index >= 15 is 0 Å². The van der Waals surface area contributed by atoms with Crippen LogP contribution in [-0.2, 0) is 9.53 Å². The minimum absolute atomic E-state index is 0.101. The van der Waals surface area contributed by atoms with Gasteiger partial charge in [-0.2, -0.15) is 0 Å². The highest BCUT2D eigenvalue weighted by atomic mass is 16.5. The third kappa shape index (κ3) is 2.58. The van der Waals surface area contributed by atoms with Gasteiger partial charge in [0.05, 0.1) is 0 Å². The molecule has 4 heteroatoms. The number of hydrogen-bond acceptors (Lipinski definition) is 3.